The third-order valence-corrected chi connectivity index (χ3v) is 8.29. The van der Waals surface area contributed by atoms with Crippen LogP contribution in [0.2, 0.25) is 0 Å². The molecule has 2 aliphatic rings. The highest BCUT2D eigenvalue weighted by Gasteiger charge is 2.84. The van der Waals surface area contributed by atoms with Crippen molar-refractivity contribution < 1.29 is 71.2 Å². The summed E-state index contributed by atoms with van der Waals surface area (Å²) in [6, 6.07) is -0.0812. The van der Waals surface area contributed by atoms with Crippen molar-refractivity contribution in [2.45, 2.75) is 103 Å². The van der Waals surface area contributed by atoms with Crippen LogP contribution in [0.25, 0.3) is 0 Å². The van der Waals surface area contributed by atoms with Crippen molar-refractivity contribution in [3.05, 3.63) is 33.1 Å². The van der Waals surface area contributed by atoms with Gasteiger partial charge in [-0.2, -0.15) is 0 Å². The molecule has 20 nitrogen and oxygen atoms in total. The van der Waals surface area contributed by atoms with Gasteiger partial charge in [0.1, 0.15) is 23.9 Å². The summed E-state index contributed by atoms with van der Waals surface area (Å²) in [6.45, 7) is 7.70. The zero-order chi connectivity index (χ0) is 35.5. The highest BCUT2D eigenvalue weighted by molar-refractivity contribution is 7.48. The molecule has 3 rings (SSSR count). The first-order valence-corrected chi connectivity index (χ1v) is 15.8. The molecule has 6 atom stereocenters. The van der Waals surface area contributed by atoms with E-state index in [1.165, 1.54) is 0 Å². The van der Waals surface area contributed by atoms with Crippen molar-refractivity contribution in [1.29, 1.82) is 0 Å². The molecule has 1 aliphatic carbocycles. The van der Waals surface area contributed by atoms with Crippen LogP contribution >= 0.6 is 7.82 Å². The molecule has 0 bridgehead atoms. The fourth-order valence-electron chi connectivity index (χ4n) is 4.30. The van der Waals surface area contributed by atoms with Crippen LogP contribution in [-0.4, -0.2) is 92.9 Å². The number of carbonyl (C=O) groups is 3. The Labute approximate surface area is 268 Å². The lowest BCUT2D eigenvalue weighted by molar-refractivity contribution is -0.161. The number of nitrogens with two attached hydrogens (primary N) is 1. The Balaban J connectivity index is 1.76. The van der Waals surface area contributed by atoms with Gasteiger partial charge in [0.05, 0.1) is 12.2 Å². The molecular formula is C26H40N3O17P. The molecule has 1 aromatic heterocycles. The molecule has 1 saturated heterocycles. The van der Waals surface area contributed by atoms with Gasteiger partial charge in [0.15, 0.2) is 18.6 Å². The minimum atomic E-state index is -4.89. The first kappa shape index (κ1) is 38.1. The average Bonchev–Trinajstić information content (AvgIpc) is 3.44. The Morgan fingerprint density at radius 3 is 1.96 bits per heavy atom. The summed E-state index contributed by atoms with van der Waals surface area (Å²) >= 11 is 0. The zero-order valence-corrected chi connectivity index (χ0v) is 27.6. The van der Waals surface area contributed by atoms with Crippen LogP contribution in [0.1, 0.15) is 54.7 Å². The Bertz CT molecular complexity index is 1440. The summed E-state index contributed by atoms with van der Waals surface area (Å²) < 4.78 is 59.6. The fourth-order valence-corrected chi connectivity index (χ4v) is 5.41. The molecule has 2 unspecified atom stereocenters. The third-order valence-electron chi connectivity index (χ3n) is 6.96. The number of rotatable bonds is 15. The van der Waals surface area contributed by atoms with Gasteiger partial charge < -0.3 is 44.4 Å². The average molecular weight is 698 g/mol. The largest absolute Gasteiger partial charge is 0.510 e. The van der Waals surface area contributed by atoms with E-state index in [4.69, 9.17) is 38.3 Å². The Morgan fingerprint density at radius 2 is 1.51 bits per heavy atom. The predicted octanol–water partition coefficient (Wildman–Crippen LogP) is 0.452. The Hall–Kier alpha value is -3.36. The molecule has 21 heteroatoms. The number of ether oxygens (including phenoxy) is 6. The second kappa shape index (κ2) is 14.8. The van der Waals surface area contributed by atoms with E-state index in [9.17, 15) is 38.8 Å². The highest BCUT2D eigenvalue weighted by Crippen LogP contribution is 2.65. The van der Waals surface area contributed by atoms with Crippen molar-refractivity contribution in [2.75, 3.05) is 13.6 Å². The molecule has 0 amide bonds. The van der Waals surface area contributed by atoms with E-state index in [1.54, 1.807) is 41.5 Å². The normalized spacial score (nSPS) is 25.8. The van der Waals surface area contributed by atoms with E-state index in [2.05, 4.69) is 9.47 Å². The topological polar surface area (TPSA) is 262 Å². The number of aliphatic hydroxyl groups is 2. The summed E-state index contributed by atoms with van der Waals surface area (Å²) in [5.74, 6) is -1.15. The van der Waals surface area contributed by atoms with Crippen LogP contribution in [0.3, 0.4) is 0 Å². The smallest absolute Gasteiger partial charge is 0.442 e. The maximum atomic E-state index is 13.4. The van der Waals surface area contributed by atoms with Gasteiger partial charge in [0, 0.05) is 12.3 Å². The molecule has 1 aliphatic heterocycles. The monoisotopic (exact) mass is 697 g/mol. The zero-order valence-electron chi connectivity index (χ0n) is 26.8. The Kier molecular flexibility index (Phi) is 12.0. The molecule has 266 valence electrons. The Morgan fingerprint density at radius 1 is 0.979 bits per heavy atom. The summed E-state index contributed by atoms with van der Waals surface area (Å²) in [5.41, 5.74) is -0.917. The molecule has 0 spiro atoms. The van der Waals surface area contributed by atoms with E-state index in [1.807, 2.05) is 0 Å². The van der Waals surface area contributed by atoms with E-state index >= 15 is 0 Å². The van der Waals surface area contributed by atoms with Crippen molar-refractivity contribution in [2.24, 2.45) is 11.7 Å². The first-order chi connectivity index (χ1) is 21.7. The van der Waals surface area contributed by atoms with Crippen LogP contribution in [0.5, 0.6) is 0 Å². The lowest BCUT2D eigenvalue weighted by atomic mass is 9.95. The van der Waals surface area contributed by atoms with Crippen molar-refractivity contribution in [3.8, 4) is 0 Å². The predicted molar refractivity (Wildman–Crippen MR) is 153 cm³/mol. The molecule has 4 N–H and O–H groups in total. The molecule has 1 aromatic rings. The molecule has 2 fully saturated rings. The summed E-state index contributed by atoms with van der Waals surface area (Å²) in [7, 11) is -4.89. The van der Waals surface area contributed by atoms with Crippen molar-refractivity contribution in [1.82, 2.24) is 9.13 Å². The molecule has 0 radical (unpaired) electrons. The number of phosphoric ester groups is 1. The van der Waals surface area contributed by atoms with E-state index in [-0.39, 0.29) is 5.92 Å². The minimum Gasteiger partial charge on any atom is -0.442 e. The number of aromatic nitrogens is 2. The van der Waals surface area contributed by atoms with E-state index in [0.29, 0.717) is 4.57 Å². The SMILES string of the molecule is CC(C)OC(=O)OCOP(=O)(OCOC(=O)OC(C)C)OC1[C@H]2O[C@@H](n3ccc(=O)n(COC(=O)C(N)C(C)C)c3=O)[C@](C)(O)[C@@]12O. The van der Waals surface area contributed by atoms with Crippen LogP contribution in [0.4, 0.5) is 9.59 Å². The van der Waals surface area contributed by atoms with Crippen LogP contribution in [0, 0.1) is 5.92 Å². The van der Waals surface area contributed by atoms with Gasteiger partial charge in [-0.05, 0) is 40.5 Å². The maximum Gasteiger partial charge on any atom is 0.510 e. The number of carbonyl (C=O) groups excluding carboxylic acids is 3. The molecule has 2 heterocycles. The van der Waals surface area contributed by atoms with Crippen molar-refractivity contribution in [3.63, 3.8) is 0 Å². The number of phosphoric acid groups is 1. The second-order valence-corrected chi connectivity index (χ2v) is 13.2. The number of fused-ring (bicyclic) bond motifs is 1. The van der Waals surface area contributed by atoms with Crippen LogP contribution in [0.15, 0.2) is 21.9 Å². The molecule has 1 saturated carbocycles. The van der Waals surface area contributed by atoms with Gasteiger partial charge >= 0.3 is 31.8 Å². The number of esters is 1. The summed E-state index contributed by atoms with van der Waals surface area (Å²) in [6.07, 6.45) is -7.24. The lowest BCUT2D eigenvalue weighted by Crippen LogP contribution is -2.52. The fraction of sp³-hybridized carbons (Fsp3) is 0.731. The molecule has 47 heavy (non-hydrogen) atoms. The highest BCUT2D eigenvalue weighted by atomic mass is 31.2. The third kappa shape index (κ3) is 8.57. The van der Waals surface area contributed by atoms with Crippen LogP contribution in [-0.2, 0) is 58.1 Å². The van der Waals surface area contributed by atoms with Gasteiger partial charge in [-0.1, -0.05) is 13.8 Å². The van der Waals surface area contributed by atoms with Gasteiger partial charge in [-0.3, -0.25) is 18.7 Å². The minimum absolute atomic E-state index is 0.287. The molecule has 0 aromatic carbocycles. The number of nitrogens with zero attached hydrogens (tertiary/aromatic N) is 2. The number of hydrogen-bond donors (Lipinski definition) is 3. The standard InChI is InChI=1S/C26H40N3O17P/c1-13(2)17(27)20(31)38-10-29-16(30)8-9-28(22(29)32)21-25(7,35)26(36)18(45-21)19(26)46-47(37,41-11-39-23(33)43-14(3)4)42-12-40-24(34)44-15(5)6/h8-9,13-15,17-19,21,35-36H,10-12,27H2,1-7H3/t17?,18-,19?,21-,25+,26+/m1/s1. The van der Waals surface area contributed by atoms with Gasteiger partial charge in [0.25, 0.3) is 5.56 Å². The summed E-state index contributed by atoms with van der Waals surface area (Å²) in [4.78, 5) is 61.2. The quantitative estimate of drug-likeness (QED) is 0.0972. The van der Waals surface area contributed by atoms with Gasteiger partial charge in [-0.15, -0.1) is 0 Å². The van der Waals surface area contributed by atoms with Crippen molar-refractivity contribution >= 4 is 26.1 Å². The van der Waals surface area contributed by atoms with E-state index in [0.717, 1.165) is 23.8 Å². The van der Waals surface area contributed by atoms with Gasteiger partial charge in [-0.25, -0.2) is 32.6 Å². The molecular weight excluding hydrogens is 657 g/mol. The lowest BCUT2D eigenvalue weighted by Gasteiger charge is -2.33. The first-order valence-electron chi connectivity index (χ1n) is 14.3. The number of hydrogen-bond acceptors (Lipinski definition) is 18. The summed E-state index contributed by atoms with van der Waals surface area (Å²) in [5, 5.41) is 22.8. The van der Waals surface area contributed by atoms with E-state index < -0.39 is 106 Å². The van der Waals surface area contributed by atoms with Crippen LogP contribution < -0.4 is 17.0 Å². The maximum absolute atomic E-state index is 13.4. The second-order valence-electron chi connectivity index (χ2n) is 11.6. The van der Waals surface area contributed by atoms with Gasteiger partial charge in [0.2, 0.25) is 13.6 Å².